The first-order chi connectivity index (χ1) is 8.74. The van der Waals surface area contributed by atoms with Crippen molar-refractivity contribution in [2.45, 2.75) is 13.5 Å². The van der Waals surface area contributed by atoms with E-state index in [1.165, 1.54) is 0 Å². The van der Waals surface area contributed by atoms with Crippen LogP contribution in [0.2, 0.25) is 5.15 Å². The average Bonchev–Trinajstić information content (AvgIpc) is 2.95. The Hall–Kier alpha value is -2.08. The summed E-state index contributed by atoms with van der Waals surface area (Å²) in [7, 11) is 0. The Kier molecular flexibility index (Phi) is 2.64. The molecule has 3 aromatic heterocycles. The number of nitrogens with zero attached hydrogens (tertiary/aromatic N) is 5. The molecule has 0 bridgehead atoms. The lowest BCUT2D eigenvalue weighted by molar-refractivity contribution is 0.770. The van der Waals surface area contributed by atoms with Crippen molar-refractivity contribution in [2.24, 2.45) is 0 Å². The van der Waals surface area contributed by atoms with E-state index in [9.17, 15) is 0 Å². The maximum atomic E-state index is 5.79. The topological polar surface area (TPSA) is 60.0 Å². The SMILES string of the molecule is CCn1ccc(Nc2nc3nc(Cl)ccn3n2)c1. The molecule has 0 saturated heterocycles. The van der Waals surface area contributed by atoms with Crippen molar-refractivity contribution >= 4 is 29.0 Å². The van der Waals surface area contributed by atoms with Crippen LogP contribution in [0.1, 0.15) is 6.92 Å². The Bertz CT molecular complexity index is 686. The van der Waals surface area contributed by atoms with Gasteiger partial charge in [0.05, 0.1) is 5.69 Å². The molecule has 0 aliphatic carbocycles. The summed E-state index contributed by atoms with van der Waals surface area (Å²) in [5.41, 5.74) is 0.943. The molecule has 0 atom stereocenters. The Morgan fingerprint density at radius 2 is 2.17 bits per heavy atom. The highest BCUT2D eigenvalue weighted by atomic mass is 35.5. The van der Waals surface area contributed by atoms with Crippen molar-refractivity contribution in [3.05, 3.63) is 35.9 Å². The van der Waals surface area contributed by atoms with E-state index < -0.39 is 0 Å². The maximum absolute atomic E-state index is 5.79. The molecule has 7 heteroatoms. The van der Waals surface area contributed by atoms with Crippen LogP contribution in [0.25, 0.3) is 5.78 Å². The molecule has 3 aromatic rings. The number of nitrogens with one attached hydrogen (secondary N) is 1. The number of fused-ring (bicyclic) bond motifs is 1. The number of hydrogen-bond acceptors (Lipinski definition) is 4. The molecular formula is C11H11ClN6. The summed E-state index contributed by atoms with van der Waals surface area (Å²) in [6.07, 6.45) is 5.71. The fourth-order valence-corrected chi connectivity index (χ4v) is 1.78. The van der Waals surface area contributed by atoms with E-state index in [2.05, 4.69) is 31.9 Å². The van der Waals surface area contributed by atoms with Crippen LogP contribution in [0.4, 0.5) is 11.6 Å². The van der Waals surface area contributed by atoms with Crippen molar-refractivity contribution in [2.75, 3.05) is 5.32 Å². The van der Waals surface area contributed by atoms with Gasteiger partial charge in [-0.1, -0.05) is 11.6 Å². The number of anilines is 2. The summed E-state index contributed by atoms with van der Waals surface area (Å²) in [4.78, 5) is 8.31. The summed E-state index contributed by atoms with van der Waals surface area (Å²) in [6.45, 7) is 3.01. The van der Waals surface area contributed by atoms with Gasteiger partial charge in [-0.05, 0) is 19.1 Å². The molecular weight excluding hydrogens is 252 g/mol. The van der Waals surface area contributed by atoms with Gasteiger partial charge in [0.1, 0.15) is 5.15 Å². The molecule has 3 heterocycles. The summed E-state index contributed by atoms with van der Waals surface area (Å²) in [5.74, 6) is 0.971. The minimum atomic E-state index is 0.401. The fraction of sp³-hybridized carbons (Fsp3) is 0.182. The average molecular weight is 263 g/mol. The number of aryl methyl sites for hydroxylation is 1. The van der Waals surface area contributed by atoms with E-state index >= 15 is 0 Å². The van der Waals surface area contributed by atoms with E-state index in [-0.39, 0.29) is 0 Å². The lowest BCUT2D eigenvalue weighted by Crippen LogP contribution is -1.92. The molecule has 0 fully saturated rings. The third-order valence-electron chi connectivity index (χ3n) is 2.55. The zero-order valence-electron chi connectivity index (χ0n) is 9.71. The van der Waals surface area contributed by atoms with Gasteiger partial charge in [-0.3, -0.25) is 0 Å². The third-order valence-corrected chi connectivity index (χ3v) is 2.76. The van der Waals surface area contributed by atoms with Crippen LogP contribution in [0.5, 0.6) is 0 Å². The van der Waals surface area contributed by atoms with E-state index in [1.54, 1.807) is 16.8 Å². The Morgan fingerprint density at radius 3 is 2.94 bits per heavy atom. The lowest BCUT2D eigenvalue weighted by atomic mass is 10.5. The quantitative estimate of drug-likeness (QED) is 0.736. The Morgan fingerprint density at radius 1 is 1.28 bits per heavy atom. The first-order valence-electron chi connectivity index (χ1n) is 5.56. The second-order valence-electron chi connectivity index (χ2n) is 3.79. The van der Waals surface area contributed by atoms with E-state index in [0.717, 1.165) is 12.2 Å². The molecule has 3 rings (SSSR count). The molecule has 0 aliphatic heterocycles. The molecule has 0 aliphatic rings. The van der Waals surface area contributed by atoms with Crippen molar-refractivity contribution in [3.63, 3.8) is 0 Å². The van der Waals surface area contributed by atoms with Crippen LogP contribution < -0.4 is 5.32 Å². The van der Waals surface area contributed by atoms with Gasteiger partial charge in [-0.15, -0.1) is 5.10 Å². The van der Waals surface area contributed by atoms with Crippen LogP contribution >= 0.6 is 11.6 Å². The molecule has 6 nitrogen and oxygen atoms in total. The van der Waals surface area contributed by atoms with Crippen molar-refractivity contribution in [1.29, 1.82) is 0 Å². The molecule has 18 heavy (non-hydrogen) atoms. The summed E-state index contributed by atoms with van der Waals surface area (Å²) < 4.78 is 3.64. The van der Waals surface area contributed by atoms with Gasteiger partial charge in [-0.2, -0.15) is 9.97 Å². The normalized spacial score (nSPS) is 11.0. The standard InChI is InChI=1S/C11H11ClN6/c1-2-17-5-3-8(7-17)13-10-15-11-14-9(12)4-6-18(11)16-10/h3-7H,2H2,1H3,(H,13,16). The minimum Gasteiger partial charge on any atom is -0.352 e. The van der Waals surface area contributed by atoms with Gasteiger partial charge in [-0.25, -0.2) is 4.52 Å². The first kappa shape index (κ1) is 11.0. The van der Waals surface area contributed by atoms with Gasteiger partial charge in [0.15, 0.2) is 0 Å². The summed E-state index contributed by atoms with van der Waals surface area (Å²) in [6, 6.07) is 3.64. The predicted molar refractivity (Wildman–Crippen MR) is 69.2 cm³/mol. The van der Waals surface area contributed by atoms with Crippen LogP contribution in [0.3, 0.4) is 0 Å². The second kappa shape index (κ2) is 4.30. The number of rotatable bonds is 3. The highest BCUT2D eigenvalue weighted by Gasteiger charge is 2.05. The van der Waals surface area contributed by atoms with Gasteiger partial charge in [0, 0.05) is 25.1 Å². The monoisotopic (exact) mass is 262 g/mol. The maximum Gasteiger partial charge on any atom is 0.255 e. The third kappa shape index (κ3) is 2.02. The van der Waals surface area contributed by atoms with Crippen LogP contribution in [-0.2, 0) is 6.54 Å². The second-order valence-corrected chi connectivity index (χ2v) is 4.17. The van der Waals surface area contributed by atoms with E-state index in [1.807, 2.05) is 18.5 Å². The van der Waals surface area contributed by atoms with Gasteiger partial charge >= 0.3 is 0 Å². The molecule has 0 aromatic carbocycles. The van der Waals surface area contributed by atoms with Gasteiger partial charge < -0.3 is 9.88 Å². The number of hydrogen-bond donors (Lipinski definition) is 1. The van der Waals surface area contributed by atoms with Gasteiger partial charge in [0.2, 0.25) is 5.95 Å². The van der Waals surface area contributed by atoms with E-state index in [4.69, 9.17) is 11.6 Å². The lowest BCUT2D eigenvalue weighted by Gasteiger charge is -1.96. The molecule has 1 N–H and O–H groups in total. The molecule has 0 amide bonds. The van der Waals surface area contributed by atoms with Crippen LogP contribution in [-0.4, -0.2) is 24.1 Å². The van der Waals surface area contributed by atoms with Gasteiger partial charge in [0.25, 0.3) is 5.78 Å². The van der Waals surface area contributed by atoms with Crippen molar-refractivity contribution in [1.82, 2.24) is 24.1 Å². The largest absolute Gasteiger partial charge is 0.352 e. The smallest absolute Gasteiger partial charge is 0.255 e. The van der Waals surface area contributed by atoms with Crippen molar-refractivity contribution in [3.8, 4) is 0 Å². The first-order valence-corrected chi connectivity index (χ1v) is 5.94. The van der Waals surface area contributed by atoms with Crippen LogP contribution in [0, 0.1) is 0 Å². The zero-order chi connectivity index (χ0) is 12.5. The highest BCUT2D eigenvalue weighted by Crippen LogP contribution is 2.14. The predicted octanol–water partition coefficient (Wildman–Crippen LogP) is 2.34. The fourth-order valence-electron chi connectivity index (χ4n) is 1.65. The molecule has 92 valence electrons. The van der Waals surface area contributed by atoms with Crippen LogP contribution in [0.15, 0.2) is 30.7 Å². The zero-order valence-corrected chi connectivity index (χ0v) is 10.5. The molecule has 0 spiro atoms. The summed E-state index contributed by atoms with van der Waals surface area (Å²) >= 11 is 5.79. The Balaban J connectivity index is 1.90. The minimum absolute atomic E-state index is 0.401. The van der Waals surface area contributed by atoms with Crippen molar-refractivity contribution < 1.29 is 0 Å². The summed E-state index contributed by atoms with van der Waals surface area (Å²) in [5, 5.41) is 7.77. The molecule has 0 radical (unpaired) electrons. The molecule has 0 saturated carbocycles. The highest BCUT2D eigenvalue weighted by molar-refractivity contribution is 6.29. The Labute approximate surface area is 108 Å². The number of aromatic nitrogens is 5. The molecule has 0 unspecified atom stereocenters. The number of halogens is 1. The van der Waals surface area contributed by atoms with E-state index in [0.29, 0.717) is 16.9 Å².